The number of carbonyl (C=O) groups excluding carboxylic acids is 1. The van der Waals surface area contributed by atoms with Gasteiger partial charge in [-0.25, -0.2) is 9.97 Å². The number of piperazine rings is 1. The smallest absolute Gasteiger partial charge is 0.236 e. The van der Waals surface area contributed by atoms with E-state index in [9.17, 15) is 4.79 Å². The fourth-order valence-corrected chi connectivity index (χ4v) is 4.46. The molecule has 1 unspecified atom stereocenters. The summed E-state index contributed by atoms with van der Waals surface area (Å²) < 4.78 is 12.5. The van der Waals surface area contributed by atoms with E-state index in [1.807, 2.05) is 30.5 Å². The highest BCUT2D eigenvalue weighted by Gasteiger charge is 2.30. The highest BCUT2D eigenvalue weighted by atomic mass is 16.5. The molecule has 2 aromatic heterocycles. The fourth-order valence-electron chi connectivity index (χ4n) is 4.46. The predicted molar refractivity (Wildman–Crippen MR) is 138 cm³/mol. The van der Waals surface area contributed by atoms with E-state index in [0.29, 0.717) is 30.4 Å². The van der Waals surface area contributed by atoms with Crippen molar-refractivity contribution in [3.05, 3.63) is 54.7 Å². The van der Waals surface area contributed by atoms with Crippen LogP contribution in [0.2, 0.25) is 0 Å². The van der Waals surface area contributed by atoms with E-state index in [1.54, 1.807) is 37.5 Å². The van der Waals surface area contributed by atoms with Crippen LogP contribution in [0.3, 0.4) is 0 Å². The molecule has 0 saturated carbocycles. The lowest BCUT2D eigenvalue weighted by Crippen LogP contribution is -2.55. The summed E-state index contributed by atoms with van der Waals surface area (Å²) in [5, 5.41) is 3.07. The molecule has 1 aliphatic heterocycles. The summed E-state index contributed by atoms with van der Waals surface area (Å²) >= 11 is 0. The number of hydrogen-bond acceptors (Lipinski definition) is 8. The first-order chi connectivity index (χ1) is 17.6. The second kappa shape index (κ2) is 12.3. The fraction of sp³-hybridized carbons (Fsp3) is 0.462. The third-order valence-electron chi connectivity index (χ3n) is 6.41. The quantitative estimate of drug-likeness (QED) is 0.436. The number of amides is 1. The van der Waals surface area contributed by atoms with E-state index in [2.05, 4.69) is 32.0 Å². The first-order valence-corrected chi connectivity index (χ1v) is 12.4. The highest BCUT2D eigenvalue weighted by Crippen LogP contribution is 2.27. The van der Waals surface area contributed by atoms with Crippen molar-refractivity contribution in [1.82, 2.24) is 29.7 Å². The lowest BCUT2D eigenvalue weighted by atomic mass is 10.1. The summed E-state index contributed by atoms with van der Waals surface area (Å²) in [6.45, 7) is 6.22. The van der Waals surface area contributed by atoms with Crippen molar-refractivity contribution >= 4 is 11.7 Å². The molecular formula is C26H35N7O3. The van der Waals surface area contributed by atoms with Crippen LogP contribution in [0, 0.1) is 0 Å². The Labute approximate surface area is 212 Å². The Balaban J connectivity index is 1.45. The Hall–Kier alpha value is -3.66. The van der Waals surface area contributed by atoms with Crippen LogP contribution in [-0.2, 0) is 11.3 Å². The van der Waals surface area contributed by atoms with E-state index < -0.39 is 0 Å². The Morgan fingerprint density at radius 3 is 2.75 bits per heavy atom. The van der Waals surface area contributed by atoms with Gasteiger partial charge in [0, 0.05) is 51.2 Å². The van der Waals surface area contributed by atoms with Crippen LogP contribution in [-0.4, -0.2) is 76.8 Å². The minimum Gasteiger partial charge on any atom is -0.493 e. The van der Waals surface area contributed by atoms with Crippen molar-refractivity contribution in [2.75, 3.05) is 45.3 Å². The topological polar surface area (TPSA) is 97.6 Å². The van der Waals surface area contributed by atoms with Gasteiger partial charge in [-0.05, 0) is 36.7 Å². The molecule has 10 nitrogen and oxygen atoms in total. The SMILES string of the molecule is CCCCN1CCN(c2ccnc(-n3ccnc3)n2)C(CC(=O)NCc2ccc(OC)c(OC)c2)C1. The van der Waals surface area contributed by atoms with E-state index >= 15 is 0 Å². The van der Waals surface area contributed by atoms with Crippen molar-refractivity contribution in [1.29, 1.82) is 0 Å². The zero-order valence-electron chi connectivity index (χ0n) is 21.3. The van der Waals surface area contributed by atoms with Crippen LogP contribution in [0.25, 0.3) is 5.95 Å². The summed E-state index contributed by atoms with van der Waals surface area (Å²) in [7, 11) is 3.21. The monoisotopic (exact) mass is 493 g/mol. The van der Waals surface area contributed by atoms with Crippen LogP contribution in [0.1, 0.15) is 31.7 Å². The molecule has 1 N–H and O–H groups in total. The molecule has 0 aliphatic carbocycles. The van der Waals surface area contributed by atoms with Gasteiger partial charge >= 0.3 is 0 Å². The molecule has 0 spiro atoms. The average Bonchev–Trinajstić information content (AvgIpc) is 3.46. The summed E-state index contributed by atoms with van der Waals surface area (Å²) in [6.07, 6.45) is 9.64. The minimum absolute atomic E-state index is 0.000940. The third kappa shape index (κ3) is 6.31. The zero-order valence-corrected chi connectivity index (χ0v) is 21.3. The molecule has 192 valence electrons. The van der Waals surface area contributed by atoms with Crippen LogP contribution in [0.5, 0.6) is 11.5 Å². The first-order valence-electron chi connectivity index (χ1n) is 12.4. The molecule has 1 saturated heterocycles. The molecule has 0 bridgehead atoms. The molecule has 1 aliphatic rings. The number of anilines is 1. The van der Waals surface area contributed by atoms with Gasteiger partial charge in [-0.15, -0.1) is 0 Å². The molecule has 1 aromatic carbocycles. The third-order valence-corrected chi connectivity index (χ3v) is 6.41. The molecular weight excluding hydrogens is 458 g/mol. The first kappa shape index (κ1) is 25.4. The normalized spacial score (nSPS) is 16.1. The maximum Gasteiger partial charge on any atom is 0.236 e. The van der Waals surface area contributed by atoms with Gasteiger partial charge < -0.3 is 19.7 Å². The molecule has 36 heavy (non-hydrogen) atoms. The number of rotatable bonds is 11. The average molecular weight is 494 g/mol. The van der Waals surface area contributed by atoms with E-state index in [0.717, 1.165) is 50.4 Å². The van der Waals surface area contributed by atoms with Crippen LogP contribution < -0.4 is 19.7 Å². The number of nitrogens with zero attached hydrogens (tertiary/aromatic N) is 6. The summed E-state index contributed by atoms with van der Waals surface area (Å²) in [5.41, 5.74) is 0.951. The van der Waals surface area contributed by atoms with Crippen molar-refractivity contribution in [2.24, 2.45) is 0 Å². The maximum atomic E-state index is 13.1. The van der Waals surface area contributed by atoms with Gasteiger partial charge in [0.25, 0.3) is 0 Å². The van der Waals surface area contributed by atoms with Crippen LogP contribution in [0.4, 0.5) is 5.82 Å². The van der Waals surface area contributed by atoms with Crippen molar-refractivity contribution < 1.29 is 14.3 Å². The molecule has 1 fully saturated rings. The van der Waals surface area contributed by atoms with E-state index in [4.69, 9.17) is 14.5 Å². The molecule has 3 heterocycles. The number of ether oxygens (including phenoxy) is 2. The van der Waals surface area contributed by atoms with Crippen LogP contribution >= 0.6 is 0 Å². The molecule has 10 heteroatoms. The number of unbranched alkanes of at least 4 members (excludes halogenated alkanes) is 1. The number of benzene rings is 1. The van der Waals surface area contributed by atoms with Crippen molar-refractivity contribution in [3.63, 3.8) is 0 Å². The van der Waals surface area contributed by atoms with Gasteiger partial charge in [-0.1, -0.05) is 19.4 Å². The predicted octanol–water partition coefficient (Wildman–Crippen LogP) is 2.68. The van der Waals surface area contributed by atoms with Gasteiger partial charge in [0.05, 0.1) is 20.3 Å². The number of methoxy groups -OCH3 is 2. The summed E-state index contributed by atoms with van der Waals surface area (Å²) in [5.74, 6) is 2.70. The molecule has 4 rings (SSSR count). The van der Waals surface area contributed by atoms with Gasteiger partial charge in [-0.3, -0.25) is 14.3 Å². The van der Waals surface area contributed by atoms with Gasteiger partial charge in [0.1, 0.15) is 12.1 Å². The minimum atomic E-state index is 0.000940. The van der Waals surface area contributed by atoms with E-state index in [1.165, 1.54) is 0 Å². The Bertz CT molecular complexity index is 1120. The van der Waals surface area contributed by atoms with E-state index in [-0.39, 0.29) is 11.9 Å². The number of hydrogen-bond donors (Lipinski definition) is 1. The number of aromatic nitrogens is 4. The van der Waals surface area contributed by atoms with Gasteiger partial charge in [0.15, 0.2) is 11.5 Å². The van der Waals surface area contributed by atoms with Crippen LogP contribution in [0.15, 0.2) is 49.2 Å². The zero-order chi connectivity index (χ0) is 25.3. The largest absolute Gasteiger partial charge is 0.493 e. The lowest BCUT2D eigenvalue weighted by molar-refractivity contribution is -0.121. The standard InChI is InChI=1S/C26H35N7O3/c1-4-5-11-31-13-14-33(24-8-9-28-26(30-24)32-12-10-27-19-32)21(18-31)16-25(34)29-17-20-6-7-22(35-2)23(15-20)36-3/h6-10,12,15,19,21H,4-5,11,13-14,16-18H2,1-3H3,(H,29,34). The molecule has 3 aromatic rings. The number of carbonyl (C=O) groups is 1. The maximum absolute atomic E-state index is 13.1. The van der Waals surface area contributed by atoms with Gasteiger partial charge in [-0.2, -0.15) is 4.98 Å². The van der Waals surface area contributed by atoms with Crippen molar-refractivity contribution in [3.8, 4) is 17.4 Å². The van der Waals surface area contributed by atoms with Gasteiger partial charge in [0.2, 0.25) is 11.9 Å². The summed E-state index contributed by atoms with van der Waals surface area (Å²) in [6, 6.07) is 7.58. The number of imidazole rings is 1. The molecule has 1 amide bonds. The lowest BCUT2D eigenvalue weighted by Gasteiger charge is -2.42. The Morgan fingerprint density at radius 1 is 1.14 bits per heavy atom. The summed E-state index contributed by atoms with van der Waals surface area (Å²) in [4.78, 5) is 31.0. The van der Waals surface area contributed by atoms with Crippen molar-refractivity contribution in [2.45, 2.75) is 38.8 Å². The second-order valence-corrected chi connectivity index (χ2v) is 8.86. The number of nitrogens with one attached hydrogen (secondary N) is 1. The molecule has 0 radical (unpaired) electrons. The Kier molecular flexibility index (Phi) is 8.72. The highest BCUT2D eigenvalue weighted by molar-refractivity contribution is 5.77. The molecule has 1 atom stereocenters. The second-order valence-electron chi connectivity index (χ2n) is 8.86. The Morgan fingerprint density at radius 2 is 2.00 bits per heavy atom.